The van der Waals surface area contributed by atoms with Crippen LogP contribution in [0.15, 0.2) is 36.4 Å². The number of carbonyl (C=O) groups is 1. The predicted octanol–water partition coefficient (Wildman–Crippen LogP) is 3.94. The third-order valence-electron chi connectivity index (χ3n) is 3.34. The zero-order valence-electron chi connectivity index (χ0n) is 10.2. The van der Waals surface area contributed by atoms with Gasteiger partial charge in [0.25, 0.3) is 0 Å². The number of halogens is 2. The highest BCUT2D eigenvalue weighted by Gasteiger charge is 2.18. The average Bonchev–Trinajstić information content (AvgIpc) is 2.40. The maximum absolute atomic E-state index is 11.4. The molecule has 94 valence electrons. The highest BCUT2D eigenvalue weighted by atomic mass is 35.5. The lowest BCUT2D eigenvalue weighted by Gasteiger charge is -2.06. The van der Waals surface area contributed by atoms with Crippen LogP contribution in [0.25, 0.3) is 21.8 Å². The normalized spacial score (nSPS) is 11.1. The van der Waals surface area contributed by atoms with E-state index in [1.54, 1.807) is 12.1 Å². The molecular formula is C15H10Cl2NO+. The number of aldehydes is 1. The fraction of sp³-hybridized carbons (Fsp3) is 0.0667. The lowest BCUT2D eigenvalue weighted by molar-refractivity contribution is -0.617. The number of nitrogens with zero attached hydrogens (tertiary/aromatic N) is 1. The number of pyridine rings is 1. The van der Waals surface area contributed by atoms with Gasteiger partial charge in [-0.1, -0.05) is 23.2 Å². The third kappa shape index (κ3) is 1.88. The number of fused-ring (bicyclic) bond motifs is 2. The van der Waals surface area contributed by atoms with Gasteiger partial charge >= 0.3 is 0 Å². The number of hydrogen-bond acceptors (Lipinski definition) is 1. The molecular weight excluding hydrogens is 281 g/mol. The molecule has 0 atom stereocenters. The van der Waals surface area contributed by atoms with Crippen LogP contribution >= 0.6 is 23.2 Å². The van der Waals surface area contributed by atoms with Crippen molar-refractivity contribution in [3.8, 4) is 0 Å². The monoisotopic (exact) mass is 290 g/mol. The smallest absolute Gasteiger partial charge is 0.214 e. The molecule has 1 heterocycles. The lowest BCUT2D eigenvalue weighted by atomic mass is 10.0. The van der Waals surface area contributed by atoms with E-state index in [2.05, 4.69) is 0 Å². The maximum atomic E-state index is 11.4. The first-order chi connectivity index (χ1) is 9.11. The topological polar surface area (TPSA) is 20.9 Å². The van der Waals surface area contributed by atoms with Crippen molar-refractivity contribution >= 4 is 51.3 Å². The lowest BCUT2D eigenvalue weighted by Crippen LogP contribution is -2.30. The second kappa shape index (κ2) is 4.48. The molecule has 19 heavy (non-hydrogen) atoms. The molecule has 2 nitrogen and oxygen atoms in total. The predicted molar refractivity (Wildman–Crippen MR) is 78.0 cm³/mol. The number of hydrogen-bond donors (Lipinski definition) is 0. The molecule has 0 unspecified atom stereocenters. The van der Waals surface area contributed by atoms with Gasteiger partial charge in [0.15, 0.2) is 6.29 Å². The van der Waals surface area contributed by atoms with Gasteiger partial charge in [0.05, 0.1) is 10.8 Å². The fourth-order valence-electron chi connectivity index (χ4n) is 2.42. The van der Waals surface area contributed by atoms with Crippen molar-refractivity contribution in [2.24, 2.45) is 7.05 Å². The van der Waals surface area contributed by atoms with Crippen molar-refractivity contribution in [2.45, 2.75) is 0 Å². The Labute approximate surface area is 120 Å². The van der Waals surface area contributed by atoms with Gasteiger partial charge in [-0.15, -0.1) is 0 Å². The summed E-state index contributed by atoms with van der Waals surface area (Å²) in [6, 6.07) is 11.0. The first-order valence-electron chi connectivity index (χ1n) is 5.77. The molecule has 0 saturated heterocycles. The SMILES string of the molecule is C[n+]1c2cc(Cl)ccc2c(C=O)c2ccc(Cl)cc21. The van der Waals surface area contributed by atoms with E-state index in [1.807, 2.05) is 35.9 Å². The van der Waals surface area contributed by atoms with Crippen molar-refractivity contribution < 1.29 is 9.36 Å². The van der Waals surface area contributed by atoms with Gasteiger partial charge in [0, 0.05) is 27.7 Å². The molecule has 0 radical (unpaired) electrons. The number of carbonyl (C=O) groups excluding carboxylic acids is 1. The quantitative estimate of drug-likeness (QED) is 0.378. The van der Waals surface area contributed by atoms with Gasteiger partial charge in [0.1, 0.15) is 7.05 Å². The number of rotatable bonds is 1. The van der Waals surface area contributed by atoms with E-state index in [-0.39, 0.29) is 0 Å². The summed E-state index contributed by atoms with van der Waals surface area (Å²) in [6.07, 6.45) is 0.881. The summed E-state index contributed by atoms with van der Waals surface area (Å²) in [4.78, 5) is 11.4. The van der Waals surface area contributed by atoms with Crippen molar-refractivity contribution in [2.75, 3.05) is 0 Å². The van der Waals surface area contributed by atoms with E-state index < -0.39 is 0 Å². The van der Waals surface area contributed by atoms with Crippen LogP contribution in [0, 0.1) is 0 Å². The molecule has 0 spiro atoms. The highest BCUT2D eigenvalue weighted by Crippen LogP contribution is 2.27. The Morgan fingerprint density at radius 1 is 0.947 bits per heavy atom. The molecule has 3 aromatic rings. The van der Waals surface area contributed by atoms with E-state index in [9.17, 15) is 4.79 Å². The minimum Gasteiger partial charge on any atom is -0.298 e. The summed E-state index contributed by atoms with van der Waals surface area (Å²) < 4.78 is 2.00. The average molecular weight is 291 g/mol. The first-order valence-corrected chi connectivity index (χ1v) is 6.53. The van der Waals surface area contributed by atoms with Gasteiger partial charge in [-0.3, -0.25) is 4.79 Å². The van der Waals surface area contributed by atoms with Gasteiger partial charge in [-0.25, -0.2) is 0 Å². The molecule has 0 N–H and O–H groups in total. The molecule has 0 amide bonds. The Morgan fingerprint density at radius 3 is 1.84 bits per heavy atom. The van der Waals surface area contributed by atoms with Gasteiger partial charge in [0.2, 0.25) is 11.0 Å². The molecule has 0 aliphatic carbocycles. The molecule has 0 fully saturated rings. The molecule has 0 bridgehead atoms. The van der Waals surface area contributed by atoms with E-state index in [1.165, 1.54) is 0 Å². The van der Waals surface area contributed by atoms with Crippen LogP contribution in [0.1, 0.15) is 10.4 Å². The third-order valence-corrected chi connectivity index (χ3v) is 3.81. The van der Waals surface area contributed by atoms with E-state index in [0.717, 1.165) is 28.1 Å². The molecule has 4 heteroatoms. The van der Waals surface area contributed by atoms with Crippen LogP contribution in [0.5, 0.6) is 0 Å². The summed E-state index contributed by atoms with van der Waals surface area (Å²) in [7, 11) is 1.94. The van der Waals surface area contributed by atoms with Crippen LogP contribution < -0.4 is 4.57 Å². The Kier molecular flexibility index (Phi) is 2.92. The van der Waals surface area contributed by atoms with E-state index >= 15 is 0 Å². The second-order valence-electron chi connectivity index (χ2n) is 4.41. The van der Waals surface area contributed by atoms with Crippen molar-refractivity contribution in [3.05, 3.63) is 52.0 Å². The van der Waals surface area contributed by atoms with Gasteiger partial charge in [-0.2, -0.15) is 4.57 Å². The largest absolute Gasteiger partial charge is 0.298 e. The van der Waals surface area contributed by atoms with E-state index in [4.69, 9.17) is 23.2 Å². The summed E-state index contributed by atoms with van der Waals surface area (Å²) in [5, 5.41) is 3.05. The maximum Gasteiger partial charge on any atom is 0.214 e. The van der Waals surface area contributed by atoms with Crippen LogP contribution in [0.2, 0.25) is 10.0 Å². The molecule has 0 saturated carbocycles. The van der Waals surface area contributed by atoms with Gasteiger partial charge < -0.3 is 0 Å². The number of aromatic nitrogens is 1. The summed E-state index contributed by atoms with van der Waals surface area (Å²) in [6.45, 7) is 0. The van der Waals surface area contributed by atoms with Crippen molar-refractivity contribution in [1.82, 2.24) is 0 Å². The van der Waals surface area contributed by atoms with Crippen molar-refractivity contribution in [1.29, 1.82) is 0 Å². The molecule has 1 aromatic heterocycles. The Balaban J connectivity index is 2.63. The Bertz CT molecular complexity index is 764. The molecule has 2 aromatic carbocycles. The molecule has 3 rings (SSSR count). The standard InChI is InChI=1S/C15H10Cl2NO/c1-18-14-6-9(16)2-4-11(14)13(8-19)12-5-3-10(17)7-15(12)18/h2-8H,1H3/q+1. The number of aryl methyl sites for hydroxylation is 1. The minimum atomic E-state index is 0.640. The van der Waals surface area contributed by atoms with E-state index in [0.29, 0.717) is 15.6 Å². The first kappa shape index (κ1) is 12.4. The fourth-order valence-corrected chi connectivity index (χ4v) is 2.75. The highest BCUT2D eigenvalue weighted by molar-refractivity contribution is 6.32. The van der Waals surface area contributed by atoms with Crippen LogP contribution in [0.4, 0.5) is 0 Å². The molecule has 0 aliphatic heterocycles. The zero-order chi connectivity index (χ0) is 13.6. The Hall–Kier alpha value is -1.64. The van der Waals surface area contributed by atoms with Crippen LogP contribution in [-0.4, -0.2) is 6.29 Å². The minimum absolute atomic E-state index is 0.640. The second-order valence-corrected chi connectivity index (χ2v) is 5.29. The zero-order valence-corrected chi connectivity index (χ0v) is 11.7. The molecule has 0 aliphatic rings. The summed E-state index contributed by atoms with van der Waals surface area (Å²) in [5.74, 6) is 0. The van der Waals surface area contributed by atoms with Gasteiger partial charge in [-0.05, 0) is 24.3 Å². The van der Waals surface area contributed by atoms with Crippen molar-refractivity contribution in [3.63, 3.8) is 0 Å². The summed E-state index contributed by atoms with van der Waals surface area (Å²) >= 11 is 12.1. The summed E-state index contributed by atoms with van der Waals surface area (Å²) in [5.41, 5.74) is 2.48. The Morgan fingerprint density at radius 2 is 1.42 bits per heavy atom. The number of benzene rings is 2. The van der Waals surface area contributed by atoms with Crippen LogP contribution in [-0.2, 0) is 7.05 Å². The van der Waals surface area contributed by atoms with Crippen LogP contribution in [0.3, 0.4) is 0 Å².